The van der Waals surface area contributed by atoms with Gasteiger partial charge in [0.05, 0.1) is 17.2 Å². The van der Waals surface area contributed by atoms with Crippen LogP contribution in [0.5, 0.6) is 0 Å². The minimum Gasteiger partial charge on any atom is -0.345 e. The number of aryl methyl sites for hydroxylation is 1. The molecule has 0 N–H and O–H groups in total. The third-order valence-electron chi connectivity index (χ3n) is 5.56. The van der Waals surface area contributed by atoms with E-state index in [4.69, 9.17) is 0 Å². The second kappa shape index (κ2) is 8.41. The van der Waals surface area contributed by atoms with E-state index in [-0.39, 0.29) is 17.4 Å². The summed E-state index contributed by atoms with van der Waals surface area (Å²) in [5, 5.41) is 3.05. The minimum absolute atomic E-state index is 0.0606. The number of hydrogen-bond acceptors (Lipinski definition) is 7. The normalized spacial score (nSPS) is 21.1. The van der Waals surface area contributed by atoms with Gasteiger partial charge in [-0.05, 0) is 12.5 Å². The molecule has 2 aromatic rings. The second-order valence-electron chi connectivity index (χ2n) is 7.58. The summed E-state index contributed by atoms with van der Waals surface area (Å²) in [6.07, 6.45) is 0. The molecular formula is C20H26N4O3S2. The van der Waals surface area contributed by atoms with Crippen LogP contribution in [0, 0.1) is 6.92 Å². The van der Waals surface area contributed by atoms with E-state index >= 15 is 0 Å². The van der Waals surface area contributed by atoms with E-state index in [0.717, 1.165) is 29.5 Å². The summed E-state index contributed by atoms with van der Waals surface area (Å²) in [4.78, 5) is 24.2. The van der Waals surface area contributed by atoms with Crippen LogP contribution in [0.3, 0.4) is 0 Å². The highest BCUT2D eigenvalue weighted by atomic mass is 32.2. The molecule has 2 saturated heterocycles. The topological polar surface area (TPSA) is 73.8 Å². The lowest BCUT2D eigenvalue weighted by Crippen LogP contribution is -2.54. The van der Waals surface area contributed by atoms with Gasteiger partial charge in [-0.25, -0.2) is 13.4 Å². The monoisotopic (exact) mass is 434 g/mol. The van der Waals surface area contributed by atoms with Crippen molar-refractivity contribution < 1.29 is 13.2 Å². The highest BCUT2D eigenvalue weighted by Gasteiger charge is 2.36. The molecule has 1 atom stereocenters. The Morgan fingerprint density at radius 2 is 1.69 bits per heavy atom. The first-order chi connectivity index (χ1) is 13.9. The SMILES string of the molecule is Cc1csc(N2CCN(C(=O)C(c3ccccc3)N3CCS(=O)(=O)CC3)CC2)n1. The number of anilines is 1. The fourth-order valence-electron chi connectivity index (χ4n) is 3.91. The number of sulfone groups is 1. The van der Waals surface area contributed by atoms with Gasteiger partial charge in [0.25, 0.3) is 0 Å². The summed E-state index contributed by atoms with van der Waals surface area (Å²) >= 11 is 1.64. The van der Waals surface area contributed by atoms with E-state index in [1.165, 1.54) is 0 Å². The quantitative estimate of drug-likeness (QED) is 0.727. The highest BCUT2D eigenvalue weighted by molar-refractivity contribution is 7.91. The Kier molecular flexibility index (Phi) is 5.89. The number of piperazine rings is 1. The van der Waals surface area contributed by atoms with Crippen molar-refractivity contribution in [1.82, 2.24) is 14.8 Å². The zero-order valence-electron chi connectivity index (χ0n) is 16.5. The molecule has 2 aliphatic rings. The van der Waals surface area contributed by atoms with Crippen LogP contribution >= 0.6 is 11.3 Å². The van der Waals surface area contributed by atoms with Gasteiger partial charge < -0.3 is 9.80 Å². The van der Waals surface area contributed by atoms with Gasteiger partial charge in [-0.1, -0.05) is 30.3 Å². The van der Waals surface area contributed by atoms with Crippen LogP contribution in [0.25, 0.3) is 0 Å². The number of nitrogens with zero attached hydrogens (tertiary/aromatic N) is 4. The van der Waals surface area contributed by atoms with Crippen LogP contribution in [-0.4, -0.2) is 79.9 Å². The zero-order chi connectivity index (χ0) is 20.4. The summed E-state index contributed by atoms with van der Waals surface area (Å²) in [6.45, 7) is 5.59. The molecule has 156 valence electrons. The number of aromatic nitrogens is 1. The van der Waals surface area contributed by atoms with Gasteiger partial charge >= 0.3 is 0 Å². The van der Waals surface area contributed by atoms with Crippen LogP contribution in [0.15, 0.2) is 35.7 Å². The molecular weight excluding hydrogens is 408 g/mol. The zero-order valence-corrected chi connectivity index (χ0v) is 18.2. The largest absolute Gasteiger partial charge is 0.345 e. The average molecular weight is 435 g/mol. The number of carbonyl (C=O) groups excluding carboxylic acids is 1. The molecule has 9 heteroatoms. The molecule has 0 aliphatic carbocycles. The first-order valence-electron chi connectivity index (χ1n) is 9.88. The molecule has 0 bridgehead atoms. The van der Waals surface area contributed by atoms with Crippen molar-refractivity contribution in [2.24, 2.45) is 0 Å². The van der Waals surface area contributed by atoms with Gasteiger partial charge in [0.1, 0.15) is 6.04 Å². The average Bonchev–Trinajstić information content (AvgIpc) is 3.16. The smallest absolute Gasteiger partial charge is 0.244 e. The molecule has 2 aliphatic heterocycles. The standard InChI is InChI=1S/C20H26N4O3S2/c1-16-15-28-20(21-16)24-9-7-23(8-10-24)19(25)18(17-5-3-2-4-6-17)22-11-13-29(26,27)14-12-22/h2-6,15,18H,7-14H2,1H3. The lowest BCUT2D eigenvalue weighted by atomic mass is 10.0. The summed E-state index contributed by atoms with van der Waals surface area (Å²) < 4.78 is 23.7. The third-order valence-corrected chi connectivity index (χ3v) is 8.19. The van der Waals surface area contributed by atoms with Gasteiger partial charge in [-0.3, -0.25) is 9.69 Å². The van der Waals surface area contributed by atoms with Gasteiger partial charge in [-0.15, -0.1) is 11.3 Å². The molecule has 29 heavy (non-hydrogen) atoms. The van der Waals surface area contributed by atoms with Crippen LogP contribution in [0.2, 0.25) is 0 Å². The number of amides is 1. The Morgan fingerprint density at radius 3 is 2.28 bits per heavy atom. The Balaban J connectivity index is 1.48. The highest BCUT2D eigenvalue weighted by Crippen LogP contribution is 2.27. The number of benzene rings is 1. The summed E-state index contributed by atoms with van der Waals surface area (Å²) in [5.41, 5.74) is 1.95. The Hall–Kier alpha value is -1.97. The number of thiazole rings is 1. The fraction of sp³-hybridized carbons (Fsp3) is 0.500. The second-order valence-corrected chi connectivity index (χ2v) is 10.7. The molecule has 1 aromatic carbocycles. The molecule has 4 rings (SSSR count). The van der Waals surface area contributed by atoms with Crippen LogP contribution < -0.4 is 4.90 Å². The molecule has 1 amide bonds. The summed E-state index contributed by atoms with van der Waals surface area (Å²) in [6, 6.07) is 9.28. The van der Waals surface area contributed by atoms with Crippen LogP contribution in [0.4, 0.5) is 5.13 Å². The molecule has 0 spiro atoms. The van der Waals surface area contributed by atoms with Gasteiger partial charge in [0.15, 0.2) is 15.0 Å². The van der Waals surface area contributed by atoms with Crippen molar-refractivity contribution in [3.8, 4) is 0 Å². The maximum atomic E-state index is 13.5. The Bertz CT molecular complexity index is 939. The van der Waals surface area contributed by atoms with E-state index in [1.54, 1.807) is 11.3 Å². The minimum atomic E-state index is -3.00. The van der Waals surface area contributed by atoms with Crippen molar-refractivity contribution in [2.75, 3.05) is 55.7 Å². The molecule has 0 radical (unpaired) electrons. The lowest BCUT2D eigenvalue weighted by molar-refractivity contribution is -0.137. The number of hydrogen-bond donors (Lipinski definition) is 0. The Labute approximate surface area is 175 Å². The first-order valence-corrected chi connectivity index (χ1v) is 12.6. The number of carbonyl (C=O) groups is 1. The molecule has 1 aromatic heterocycles. The maximum absolute atomic E-state index is 13.5. The number of rotatable bonds is 4. The van der Waals surface area contributed by atoms with Crippen molar-refractivity contribution >= 4 is 32.2 Å². The van der Waals surface area contributed by atoms with Gasteiger partial charge in [0.2, 0.25) is 5.91 Å². The van der Waals surface area contributed by atoms with E-state index in [9.17, 15) is 13.2 Å². The van der Waals surface area contributed by atoms with Crippen molar-refractivity contribution in [3.63, 3.8) is 0 Å². The fourth-order valence-corrected chi connectivity index (χ4v) is 5.99. The first kappa shape index (κ1) is 20.3. The maximum Gasteiger partial charge on any atom is 0.244 e. The van der Waals surface area contributed by atoms with E-state index < -0.39 is 15.9 Å². The van der Waals surface area contributed by atoms with Crippen LogP contribution in [-0.2, 0) is 14.6 Å². The van der Waals surface area contributed by atoms with Crippen LogP contribution in [0.1, 0.15) is 17.3 Å². The Morgan fingerprint density at radius 1 is 1.03 bits per heavy atom. The van der Waals surface area contributed by atoms with E-state index in [1.807, 2.05) is 52.4 Å². The molecule has 7 nitrogen and oxygen atoms in total. The summed E-state index contributed by atoms with van der Waals surface area (Å²) in [7, 11) is -3.00. The molecule has 3 heterocycles. The van der Waals surface area contributed by atoms with Crippen molar-refractivity contribution in [2.45, 2.75) is 13.0 Å². The van der Waals surface area contributed by atoms with Gasteiger partial charge in [0, 0.05) is 44.6 Å². The molecule has 2 fully saturated rings. The van der Waals surface area contributed by atoms with E-state index in [0.29, 0.717) is 26.2 Å². The predicted molar refractivity (Wildman–Crippen MR) is 115 cm³/mol. The van der Waals surface area contributed by atoms with Crippen molar-refractivity contribution in [3.05, 3.63) is 47.0 Å². The van der Waals surface area contributed by atoms with Gasteiger partial charge in [-0.2, -0.15) is 0 Å². The lowest BCUT2D eigenvalue weighted by Gasteiger charge is -2.40. The van der Waals surface area contributed by atoms with Crippen molar-refractivity contribution in [1.29, 1.82) is 0 Å². The molecule has 0 saturated carbocycles. The third kappa shape index (κ3) is 4.62. The molecule has 1 unspecified atom stereocenters. The van der Waals surface area contributed by atoms with E-state index in [2.05, 4.69) is 9.88 Å². The predicted octanol–water partition coefficient (Wildman–Crippen LogP) is 1.57. The summed E-state index contributed by atoms with van der Waals surface area (Å²) in [5.74, 6) is 0.284.